The van der Waals surface area contributed by atoms with Crippen molar-refractivity contribution in [2.45, 2.75) is 24.7 Å². The molecule has 1 N–H and O–H groups in total. The third-order valence-corrected chi connectivity index (χ3v) is 6.77. The van der Waals surface area contributed by atoms with Gasteiger partial charge in [0.15, 0.2) is 0 Å². The largest absolute Gasteiger partial charge is 0.468 e. The van der Waals surface area contributed by atoms with E-state index in [0.29, 0.717) is 0 Å². The van der Waals surface area contributed by atoms with Gasteiger partial charge in [0.25, 0.3) is 10.0 Å². The van der Waals surface area contributed by atoms with E-state index in [1.807, 2.05) is 0 Å². The van der Waals surface area contributed by atoms with Crippen LogP contribution in [0.25, 0.3) is 10.9 Å². The molecule has 34 heavy (non-hydrogen) atoms. The van der Waals surface area contributed by atoms with Crippen LogP contribution < -0.4 is 4.72 Å². The first-order valence-electron chi connectivity index (χ1n) is 10.2. The molecule has 0 aliphatic carbocycles. The standard InChI is InChI=1S/C23H20FN3O6S/c1-14-5-8-17(9-6-14)34(31,32)25-23-22(19(13-26(29)30)21-4-3-11-33-21)18-12-16(24)7-10-20(18)27(23)15(2)28/h3-12,19,25H,13H2,1-2H3. The number of anilines is 1. The predicted octanol–water partition coefficient (Wildman–Crippen LogP) is 4.55. The molecule has 0 aliphatic heterocycles. The van der Waals surface area contributed by atoms with Crippen molar-refractivity contribution >= 4 is 32.7 Å². The summed E-state index contributed by atoms with van der Waals surface area (Å²) in [7, 11) is -4.21. The molecule has 4 rings (SSSR count). The van der Waals surface area contributed by atoms with Crippen LogP contribution >= 0.6 is 0 Å². The number of hydrogen-bond acceptors (Lipinski definition) is 6. The Labute approximate surface area is 194 Å². The number of nitrogens with one attached hydrogen (secondary N) is 1. The monoisotopic (exact) mass is 485 g/mol. The smallest absolute Gasteiger partial charge is 0.263 e. The zero-order chi connectivity index (χ0) is 24.6. The van der Waals surface area contributed by atoms with Gasteiger partial charge in [-0.25, -0.2) is 12.8 Å². The van der Waals surface area contributed by atoms with Gasteiger partial charge in [-0.15, -0.1) is 0 Å². The molecule has 0 saturated carbocycles. The number of furan rings is 1. The summed E-state index contributed by atoms with van der Waals surface area (Å²) in [5.74, 6) is -2.37. The highest BCUT2D eigenvalue weighted by atomic mass is 32.2. The van der Waals surface area contributed by atoms with Crippen molar-refractivity contribution in [1.82, 2.24) is 4.57 Å². The van der Waals surface area contributed by atoms with E-state index in [1.54, 1.807) is 19.1 Å². The summed E-state index contributed by atoms with van der Waals surface area (Å²) in [4.78, 5) is 23.6. The van der Waals surface area contributed by atoms with E-state index in [-0.39, 0.29) is 32.9 Å². The fraction of sp³-hybridized carbons (Fsp3) is 0.174. The summed E-state index contributed by atoms with van der Waals surface area (Å²) >= 11 is 0. The molecule has 0 saturated heterocycles. The highest BCUT2D eigenvalue weighted by Gasteiger charge is 2.34. The number of hydrogen-bond donors (Lipinski definition) is 1. The minimum absolute atomic E-state index is 0.0621. The Morgan fingerprint density at radius 2 is 1.91 bits per heavy atom. The third-order valence-electron chi connectivity index (χ3n) is 5.41. The molecule has 2 heterocycles. The van der Waals surface area contributed by atoms with Gasteiger partial charge < -0.3 is 4.42 Å². The Balaban J connectivity index is 2.03. The second kappa shape index (κ2) is 8.75. The van der Waals surface area contributed by atoms with Gasteiger partial charge in [-0.05, 0) is 49.4 Å². The van der Waals surface area contributed by atoms with Crippen LogP contribution in [0, 0.1) is 22.9 Å². The van der Waals surface area contributed by atoms with E-state index in [4.69, 9.17) is 4.42 Å². The van der Waals surface area contributed by atoms with Crippen molar-refractivity contribution in [3.05, 3.63) is 93.7 Å². The van der Waals surface area contributed by atoms with Crippen LogP contribution in [0.15, 0.2) is 70.2 Å². The molecule has 2 aromatic carbocycles. The van der Waals surface area contributed by atoms with Crippen LogP contribution in [0.2, 0.25) is 0 Å². The van der Waals surface area contributed by atoms with Crippen LogP contribution in [0.1, 0.15) is 34.5 Å². The van der Waals surface area contributed by atoms with Gasteiger partial charge in [0, 0.05) is 22.8 Å². The predicted molar refractivity (Wildman–Crippen MR) is 123 cm³/mol. The number of carbonyl (C=O) groups is 1. The molecule has 9 nitrogen and oxygen atoms in total. The number of benzene rings is 2. The number of nitrogens with zero attached hydrogens (tertiary/aromatic N) is 2. The van der Waals surface area contributed by atoms with Crippen LogP contribution in [0.5, 0.6) is 0 Å². The number of aryl methyl sites for hydroxylation is 1. The highest BCUT2D eigenvalue weighted by Crippen LogP contribution is 2.40. The number of halogens is 1. The van der Waals surface area contributed by atoms with Gasteiger partial charge in [0.1, 0.15) is 23.3 Å². The summed E-state index contributed by atoms with van der Waals surface area (Å²) in [6.07, 6.45) is 1.32. The van der Waals surface area contributed by atoms with E-state index in [0.717, 1.165) is 22.3 Å². The van der Waals surface area contributed by atoms with Crippen molar-refractivity contribution in [3.63, 3.8) is 0 Å². The maximum Gasteiger partial charge on any atom is 0.263 e. The highest BCUT2D eigenvalue weighted by molar-refractivity contribution is 7.92. The van der Waals surface area contributed by atoms with Gasteiger partial charge >= 0.3 is 0 Å². The Hall–Kier alpha value is -3.99. The van der Waals surface area contributed by atoms with Gasteiger partial charge in [0.05, 0.1) is 16.7 Å². The molecular formula is C23H20FN3O6S. The Kier molecular flexibility index (Phi) is 5.96. The second-order valence-electron chi connectivity index (χ2n) is 7.78. The average Bonchev–Trinajstić information content (AvgIpc) is 3.38. The molecule has 176 valence electrons. The van der Waals surface area contributed by atoms with Gasteiger partial charge in [-0.1, -0.05) is 17.7 Å². The zero-order valence-corrected chi connectivity index (χ0v) is 19.0. The van der Waals surface area contributed by atoms with Crippen LogP contribution in [-0.2, 0) is 10.0 Å². The molecule has 1 atom stereocenters. The number of nitro groups is 1. The maximum atomic E-state index is 14.3. The van der Waals surface area contributed by atoms with Gasteiger partial charge in [-0.2, -0.15) is 0 Å². The first-order valence-corrected chi connectivity index (χ1v) is 11.7. The molecule has 11 heteroatoms. The summed E-state index contributed by atoms with van der Waals surface area (Å²) in [5, 5.41) is 11.7. The van der Waals surface area contributed by atoms with Gasteiger partial charge in [0.2, 0.25) is 12.5 Å². The Bertz CT molecular complexity index is 1490. The quantitative estimate of drug-likeness (QED) is 0.302. The molecule has 0 bridgehead atoms. The Morgan fingerprint density at radius 3 is 2.50 bits per heavy atom. The lowest BCUT2D eigenvalue weighted by atomic mass is 9.95. The molecule has 4 aromatic rings. The number of carbonyl (C=O) groups excluding carboxylic acids is 1. The number of rotatable bonds is 7. The summed E-state index contributed by atoms with van der Waals surface area (Å²) < 4.78 is 49.7. The Morgan fingerprint density at radius 1 is 1.21 bits per heavy atom. The molecule has 0 fully saturated rings. The molecule has 0 amide bonds. The van der Waals surface area contributed by atoms with Crippen LogP contribution in [0.3, 0.4) is 0 Å². The topological polar surface area (TPSA) is 124 Å². The van der Waals surface area contributed by atoms with Crippen molar-refractivity contribution in [1.29, 1.82) is 0 Å². The van der Waals surface area contributed by atoms with E-state index in [1.165, 1.54) is 43.5 Å². The van der Waals surface area contributed by atoms with Crippen LogP contribution in [-0.4, -0.2) is 30.4 Å². The van der Waals surface area contributed by atoms with E-state index >= 15 is 0 Å². The number of aromatic nitrogens is 1. The van der Waals surface area contributed by atoms with Crippen molar-refractivity contribution in [3.8, 4) is 0 Å². The minimum atomic E-state index is -4.21. The SMILES string of the molecule is CC(=O)n1c(NS(=O)(=O)c2ccc(C)cc2)c(C(C[N+](=O)[O-])c2ccco2)c2cc(F)ccc21. The lowest BCUT2D eigenvalue weighted by Gasteiger charge is -2.16. The summed E-state index contributed by atoms with van der Waals surface area (Å²) in [6.45, 7) is 2.33. The number of fused-ring (bicyclic) bond motifs is 1. The minimum Gasteiger partial charge on any atom is -0.468 e. The lowest BCUT2D eigenvalue weighted by Crippen LogP contribution is -2.21. The normalized spacial score (nSPS) is 12.6. The van der Waals surface area contributed by atoms with Crippen molar-refractivity contribution < 1.29 is 26.9 Å². The molecule has 2 aromatic heterocycles. The van der Waals surface area contributed by atoms with E-state index in [9.17, 15) is 27.7 Å². The molecule has 0 radical (unpaired) electrons. The van der Waals surface area contributed by atoms with E-state index in [2.05, 4.69) is 4.72 Å². The molecule has 0 aliphatic rings. The molecule has 1 unspecified atom stereocenters. The zero-order valence-electron chi connectivity index (χ0n) is 18.2. The lowest BCUT2D eigenvalue weighted by molar-refractivity contribution is -0.482. The molecule has 0 spiro atoms. The first kappa shape index (κ1) is 23.2. The van der Waals surface area contributed by atoms with Gasteiger partial charge in [-0.3, -0.25) is 24.2 Å². The second-order valence-corrected chi connectivity index (χ2v) is 9.46. The first-order chi connectivity index (χ1) is 16.1. The van der Waals surface area contributed by atoms with Crippen molar-refractivity contribution in [2.24, 2.45) is 0 Å². The average molecular weight is 485 g/mol. The number of sulfonamides is 1. The molecular weight excluding hydrogens is 465 g/mol. The summed E-state index contributed by atoms with van der Waals surface area (Å²) in [5.41, 5.74) is 1.11. The fourth-order valence-electron chi connectivity index (χ4n) is 3.93. The fourth-order valence-corrected chi connectivity index (χ4v) is 5.00. The maximum absolute atomic E-state index is 14.3. The van der Waals surface area contributed by atoms with Crippen molar-refractivity contribution in [2.75, 3.05) is 11.3 Å². The van der Waals surface area contributed by atoms with E-state index < -0.39 is 39.1 Å². The summed E-state index contributed by atoms with van der Waals surface area (Å²) in [6, 6.07) is 12.6. The third kappa shape index (κ3) is 4.29. The van der Waals surface area contributed by atoms with Crippen LogP contribution in [0.4, 0.5) is 10.2 Å².